The summed E-state index contributed by atoms with van der Waals surface area (Å²) in [5, 5.41) is 16.8. The van der Waals surface area contributed by atoms with E-state index >= 15 is 0 Å². The van der Waals surface area contributed by atoms with Crippen LogP contribution in [0.1, 0.15) is 71.6 Å². The first-order chi connectivity index (χ1) is 13.3. The zero-order chi connectivity index (χ0) is 20.1. The van der Waals surface area contributed by atoms with Crippen LogP contribution in [0.15, 0.2) is 5.16 Å². The van der Waals surface area contributed by atoms with Crippen molar-refractivity contribution in [3.63, 3.8) is 0 Å². The zero-order valence-corrected chi connectivity index (χ0v) is 18.5. The zero-order valence-electron chi connectivity index (χ0n) is 17.7. The molecule has 4 aliphatic carbocycles. The van der Waals surface area contributed by atoms with Crippen LogP contribution in [-0.4, -0.2) is 35.2 Å². The van der Waals surface area contributed by atoms with Crippen LogP contribution in [0.4, 0.5) is 0 Å². The van der Waals surface area contributed by atoms with Crippen molar-refractivity contribution in [3.8, 4) is 0 Å². The molecule has 4 saturated carbocycles. The van der Waals surface area contributed by atoms with Crippen LogP contribution in [0.3, 0.4) is 0 Å². The summed E-state index contributed by atoms with van der Waals surface area (Å²) in [6.07, 6.45) is 7.81. The first kappa shape index (κ1) is 22.5. The lowest BCUT2D eigenvalue weighted by Crippen LogP contribution is -2.58. The van der Waals surface area contributed by atoms with Crippen LogP contribution in [0.2, 0.25) is 0 Å². The number of nitrogens with two attached hydrogens (primary N) is 1. The Kier molecular flexibility index (Phi) is 6.36. The number of nitrogens with one attached hydrogen (secondary N) is 1. The minimum Gasteiger partial charge on any atom is -0.411 e. The summed E-state index contributed by atoms with van der Waals surface area (Å²) in [5.74, 6) is 2.11. The molecule has 0 spiro atoms. The smallest absolute Gasteiger partial charge is 0.221 e. The standard InChI is InChI=1S/C22H35N3O3.ClH/c1-21-8-5-13(24-20(27)7-10-23)11-17(21)18(25-28)12-14-15-3-4-19(26)22(15,2)9-6-16(14)21;/h13-17,28H,3-12,23H2,1-2H3,(H,24,27);1H/b25-18+;/t13-,14-,15-,16-,17?,21+,22-;/m0./s1. The SMILES string of the molecule is C[C@]12CC[C@H](NC(=O)CCN)CC1/C(=N/O)C[C@@H]1[C@@H]2CC[C@]2(C)C(=O)CC[C@@H]12.Cl. The average molecular weight is 426 g/mol. The van der Waals surface area contributed by atoms with E-state index in [1.165, 1.54) is 0 Å². The summed E-state index contributed by atoms with van der Waals surface area (Å²) >= 11 is 0. The molecule has 29 heavy (non-hydrogen) atoms. The second-order valence-corrected chi connectivity index (χ2v) is 10.2. The quantitative estimate of drug-likeness (QED) is 0.476. The molecule has 0 saturated heterocycles. The summed E-state index contributed by atoms with van der Waals surface area (Å²) in [6.45, 7) is 4.92. The second-order valence-electron chi connectivity index (χ2n) is 10.2. The number of Topliss-reactive ketones (excluding diaryl/α,β-unsaturated/α-hetero) is 1. The van der Waals surface area contributed by atoms with Gasteiger partial charge in [0.15, 0.2) is 0 Å². The minimum absolute atomic E-state index is 0. The van der Waals surface area contributed by atoms with E-state index in [9.17, 15) is 14.8 Å². The number of nitrogens with zero attached hydrogens (tertiary/aromatic N) is 1. The Balaban J connectivity index is 0.00000240. The van der Waals surface area contributed by atoms with Crippen molar-refractivity contribution in [2.75, 3.05) is 6.54 Å². The fraction of sp³-hybridized carbons (Fsp3) is 0.864. The Morgan fingerprint density at radius 3 is 2.69 bits per heavy atom. The molecular weight excluding hydrogens is 390 g/mol. The average Bonchev–Trinajstić information content (AvgIpc) is 2.97. The normalized spacial score (nSPS) is 45.0. The summed E-state index contributed by atoms with van der Waals surface area (Å²) in [7, 11) is 0. The molecule has 6 nitrogen and oxygen atoms in total. The van der Waals surface area contributed by atoms with E-state index in [1.807, 2.05) is 0 Å². The van der Waals surface area contributed by atoms with E-state index in [-0.39, 0.29) is 41.1 Å². The Morgan fingerprint density at radius 1 is 1.24 bits per heavy atom. The number of hydrogen-bond donors (Lipinski definition) is 3. The van der Waals surface area contributed by atoms with Crippen molar-refractivity contribution < 1.29 is 14.8 Å². The molecule has 0 bridgehead atoms. The molecule has 0 radical (unpaired) electrons. The molecule has 4 fully saturated rings. The monoisotopic (exact) mass is 425 g/mol. The van der Waals surface area contributed by atoms with E-state index < -0.39 is 0 Å². The molecule has 0 aromatic heterocycles. The Hall–Kier alpha value is -1.14. The van der Waals surface area contributed by atoms with E-state index in [0.717, 1.165) is 50.7 Å². The predicted octanol–water partition coefficient (Wildman–Crippen LogP) is 3.29. The van der Waals surface area contributed by atoms with Gasteiger partial charge in [-0.15, -0.1) is 12.4 Å². The number of hydrogen-bond acceptors (Lipinski definition) is 5. The van der Waals surface area contributed by atoms with Gasteiger partial charge in [-0.3, -0.25) is 9.59 Å². The second kappa shape index (κ2) is 8.18. The van der Waals surface area contributed by atoms with Gasteiger partial charge >= 0.3 is 0 Å². The highest BCUT2D eigenvalue weighted by Gasteiger charge is 2.61. The van der Waals surface area contributed by atoms with Crippen LogP contribution in [-0.2, 0) is 9.59 Å². The van der Waals surface area contributed by atoms with Crippen molar-refractivity contribution >= 4 is 29.8 Å². The lowest BCUT2D eigenvalue weighted by molar-refractivity contribution is -0.134. The fourth-order valence-corrected chi connectivity index (χ4v) is 7.51. The molecule has 4 N–H and O–H groups in total. The van der Waals surface area contributed by atoms with E-state index in [1.54, 1.807) is 0 Å². The van der Waals surface area contributed by atoms with Crippen molar-refractivity contribution in [1.82, 2.24) is 5.32 Å². The molecule has 4 aliphatic rings. The van der Waals surface area contributed by atoms with Gasteiger partial charge in [-0.2, -0.15) is 0 Å². The molecule has 0 aromatic rings. The molecule has 0 heterocycles. The number of carbonyl (C=O) groups is 2. The van der Waals surface area contributed by atoms with Gasteiger partial charge in [-0.25, -0.2) is 0 Å². The molecular formula is C22H36ClN3O3. The maximum Gasteiger partial charge on any atom is 0.221 e. The maximum absolute atomic E-state index is 12.6. The van der Waals surface area contributed by atoms with E-state index in [4.69, 9.17) is 5.73 Å². The first-order valence-corrected chi connectivity index (χ1v) is 11.1. The Bertz CT molecular complexity index is 699. The van der Waals surface area contributed by atoms with Crippen LogP contribution in [0.25, 0.3) is 0 Å². The third-order valence-corrected chi connectivity index (χ3v) is 9.05. The van der Waals surface area contributed by atoms with Gasteiger partial charge in [0.05, 0.1) is 5.71 Å². The number of fused-ring (bicyclic) bond motifs is 5. The lowest BCUT2D eigenvalue weighted by Gasteiger charge is -2.60. The number of halogens is 1. The van der Waals surface area contributed by atoms with Gasteiger partial charge in [0.1, 0.15) is 5.78 Å². The molecule has 0 aromatic carbocycles. The van der Waals surface area contributed by atoms with Crippen LogP contribution >= 0.6 is 12.4 Å². The van der Waals surface area contributed by atoms with Gasteiger partial charge in [0.25, 0.3) is 0 Å². The first-order valence-electron chi connectivity index (χ1n) is 11.1. The predicted molar refractivity (Wildman–Crippen MR) is 114 cm³/mol. The van der Waals surface area contributed by atoms with Gasteiger partial charge in [-0.05, 0) is 68.1 Å². The van der Waals surface area contributed by atoms with Crippen molar-refractivity contribution in [3.05, 3.63) is 0 Å². The Labute approximate surface area is 179 Å². The number of amides is 1. The third kappa shape index (κ3) is 3.50. The maximum atomic E-state index is 12.6. The molecule has 7 heteroatoms. The summed E-state index contributed by atoms with van der Waals surface area (Å²) in [6, 6.07) is 0.132. The summed E-state index contributed by atoms with van der Waals surface area (Å²) < 4.78 is 0. The summed E-state index contributed by atoms with van der Waals surface area (Å²) in [5.41, 5.74) is 6.32. The summed E-state index contributed by atoms with van der Waals surface area (Å²) in [4.78, 5) is 24.6. The largest absolute Gasteiger partial charge is 0.411 e. The Morgan fingerprint density at radius 2 is 2.00 bits per heavy atom. The van der Waals surface area contributed by atoms with Crippen molar-refractivity contribution in [2.45, 2.75) is 77.7 Å². The van der Waals surface area contributed by atoms with Gasteiger partial charge in [0.2, 0.25) is 5.91 Å². The minimum atomic E-state index is -0.168. The van der Waals surface area contributed by atoms with Crippen LogP contribution < -0.4 is 11.1 Å². The van der Waals surface area contributed by atoms with E-state index in [2.05, 4.69) is 24.3 Å². The van der Waals surface area contributed by atoms with E-state index in [0.29, 0.717) is 42.9 Å². The number of ketones is 1. The van der Waals surface area contributed by atoms with Crippen LogP contribution in [0, 0.1) is 34.5 Å². The van der Waals surface area contributed by atoms with Gasteiger partial charge < -0.3 is 16.3 Å². The molecule has 4 rings (SSSR count). The van der Waals surface area contributed by atoms with Crippen molar-refractivity contribution in [1.29, 1.82) is 0 Å². The molecule has 164 valence electrons. The fourth-order valence-electron chi connectivity index (χ4n) is 7.51. The number of rotatable bonds is 3. The molecule has 1 amide bonds. The highest BCUT2D eigenvalue weighted by molar-refractivity contribution is 5.90. The van der Waals surface area contributed by atoms with Crippen LogP contribution in [0.5, 0.6) is 0 Å². The number of oxime groups is 1. The van der Waals surface area contributed by atoms with Gasteiger partial charge in [-0.1, -0.05) is 19.0 Å². The molecule has 0 aliphatic heterocycles. The highest BCUT2D eigenvalue weighted by Crippen LogP contribution is 2.64. The third-order valence-electron chi connectivity index (χ3n) is 9.05. The highest BCUT2D eigenvalue weighted by atomic mass is 35.5. The topological polar surface area (TPSA) is 105 Å². The van der Waals surface area contributed by atoms with Crippen molar-refractivity contribution in [2.24, 2.45) is 45.4 Å². The number of carbonyl (C=O) groups excluding carboxylic acids is 2. The molecule has 7 atom stereocenters. The molecule has 1 unspecified atom stereocenters. The van der Waals surface area contributed by atoms with Gasteiger partial charge in [0, 0.05) is 36.8 Å². The lowest BCUT2D eigenvalue weighted by atomic mass is 9.44.